The van der Waals surface area contributed by atoms with Gasteiger partial charge in [0, 0.05) is 18.6 Å². The lowest BCUT2D eigenvalue weighted by molar-refractivity contribution is -0.127. The van der Waals surface area contributed by atoms with E-state index >= 15 is 0 Å². The van der Waals surface area contributed by atoms with Crippen molar-refractivity contribution in [3.63, 3.8) is 0 Å². The minimum absolute atomic E-state index is 0.102. The van der Waals surface area contributed by atoms with Gasteiger partial charge in [-0.15, -0.1) is 0 Å². The first-order valence-electron chi connectivity index (χ1n) is 14.6. The number of nitrogens with one attached hydrogen (secondary N) is 2. The van der Waals surface area contributed by atoms with E-state index in [1.165, 1.54) is 0 Å². The molecule has 1 fully saturated rings. The topological polar surface area (TPSA) is 100 Å². The Balaban J connectivity index is 1.45. The van der Waals surface area contributed by atoms with Crippen LogP contribution in [0.5, 0.6) is 0 Å². The lowest BCUT2D eigenvalue weighted by Gasteiger charge is -2.32. The SMILES string of the molecule is CC(C)(C)NC(=O)[C@@H]1C[C@@H](OCc2ccccc2)CN1C[C@@H](O)[C@H](Cc1ccccc1)NC(=O)OCc1ccccc1. The zero-order valence-corrected chi connectivity index (χ0v) is 24.7. The standard InChI is InChI=1S/C34H43N3O5/c1-34(2,3)36-32(39)30-20-28(41-23-26-15-9-5-10-16-26)21-37(30)22-31(38)29(19-25-13-7-4-8-14-25)35-33(40)42-24-27-17-11-6-12-18-27/h4-18,28-31,38H,19-24H2,1-3H3,(H,35,40)(H,36,39)/t28-,29+,30+,31-/m1/s1. The van der Waals surface area contributed by atoms with Crippen molar-refractivity contribution in [2.75, 3.05) is 13.1 Å². The summed E-state index contributed by atoms with van der Waals surface area (Å²) in [7, 11) is 0. The van der Waals surface area contributed by atoms with E-state index in [1.807, 2.05) is 117 Å². The van der Waals surface area contributed by atoms with E-state index in [1.54, 1.807) is 0 Å². The molecule has 1 heterocycles. The Kier molecular flexibility index (Phi) is 11.1. The van der Waals surface area contributed by atoms with E-state index in [2.05, 4.69) is 10.6 Å². The highest BCUT2D eigenvalue weighted by Crippen LogP contribution is 2.24. The zero-order valence-electron chi connectivity index (χ0n) is 24.7. The summed E-state index contributed by atoms with van der Waals surface area (Å²) in [6.07, 6.45) is -0.830. The summed E-state index contributed by atoms with van der Waals surface area (Å²) in [5.41, 5.74) is 2.51. The summed E-state index contributed by atoms with van der Waals surface area (Å²) < 4.78 is 11.7. The van der Waals surface area contributed by atoms with Crippen molar-refractivity contribution in [1.82, 2.24) is 15.5 Å². The van der Waals surface area contributed by atoms with E-state index in [0.717, 1.165) is 16.7 Å². The molecule has 42 heavy (non-hydrogen) atoms. The van der Waals surface area contributed by atoms with Gasteiger partial charge in [-0.1, -0.05) is 91.0 Å². The number of aliphatic hydroxyl groups excluding tert-OH is 1. The molecule has 3 aromatic rings. The number of amides is 2. The number of benzene rings is 3. The molecule has 4 rings (SSSR count). The van der Waals surface area contributed by atoms with Crippen LogP contribution in [0.25, 0.3) is 0 Å². The number of ether oxygens (including phenoxy) is 2. The summed E-state index contributed by atoms with van der Waals surface area (Å²) in [6, 6.07) is 28.0. The molecule has 0 unspecified atom stereocenters. The molecular weight excluding hydrogens is 530 g/mol. The van der Waals surface area contributed by atoms with Crippen molar-refractivity contribution in [2.45, 2.75) is 76.7 Å². The number of carbonyl (C=O) groups is 2. The summed E-state index contributed by atoms with van der Waals surface area (Å²) in [6.45, 7) is 7.09. The second-order valence-corrected chi connectivity index (χ2v) is 11.9. The molecule has 0 aliphatic carbocycles. The van der Waals surface area contributed by atoms with Crippen molar-refractivity contribution in [2.24, 2.45) is 0 Å². The molecule has 0 spiro atoms. The third kappa shape index (κ3) is 9.98. The Morgan fingerprint density at radius 2 is 1.43 bits per heavy atom. The van der Waals surface area contributed by atoms with Crippen LogP contribution in [0.2, 0.25) is 0 Å². The van der Waals surface area contributed by atoms with Crippen molar-refractivity contribution in [3.8, 4) is 0 Å². The molecule has 0 radical (unpaired) electrons. The molecule has 224 valence electrons. The molecule has 1 aliphatic rings. The molecule has 3 aromatic carbocycles. The number of alkyl carbamates (subject to hydrolysis) is 1. The van der Waals surface area contributed by atoms with E-state index < -0.39 is 29.8 Å². The number of nitrogens with zero attached hydrogens (tertiary/aromatic N) is 1. The van der Waals surface area contributed by atoms with E-state index in [-0.39, 0.29) is 25.2 Å². The summed E-state index contributed by atoms with van der Waals surface area (Å²) >= 11 is 0. The Morgan fingerprint density at radius 1 is 0.881 bits per heavy atom. The molecule has 0 aromatic heterocycles. The van der Waals surface area contributed by atoms with Gasteiger partial charge in [0.2, 0.25) is 5.91 Å². The normalized spacial score (nSPS) is 18.7. The number of β-amino-alcohol motifs (C(OH)–C–C–N with tert-alkyl or cyclic N) is 1. The quantitative estimate of drug-likeness (QED) is 0.296. The highest BCUT2D eigenvalue weighted by atomic mass is 16.5. The van der Waals surface area contributed by atoms with Gasteiger partial charge < -0.3 is 25.2 Å². The van der Waals surface area contributed by atoms with Gasteiger partial charge in [0.25, 0.3) is 0 Å². The molecule has 8 heteroatoms. The van der Waals surface area contributed by atoms with E-state index in [4.69, 9.17) is 9.47 Å². The number of hydrogen-bond acceptors (Lipinski definition) is 6. The van der Waals surface area contributed by atoms with Gasteiger partial charge in [-0.25, -0.2) is 4.79 Å². The average molecular weight is 574 g/mol. The molecule has 0 saturated carbocycles. The highest BCUT2D eigenvalue weighted by Gasteiger charge is 2.40. The smallest absolute Gasteiger partial charge is 0.407 e. The third-order valence-corrected chi connectivity index (χ3v) is 7.19. The van der Waals surface area contributed by atoms with Gasteiger partial charge in [0.1, 0.15) is 6.61 Å². The maximum Gasteiger partial charge on any atom is 0.407 e. The largest absolute Gasteiger partial charge is 0.445 e. The lowest BCUT2D eigenvalue weighted by Crippen LogP contribution is -2.54. The second-order valence-electron chi connectivity index (χ2n) is 11.9. The Morgan fingerprint density at radius 3 is 2.00 bits per heavy atom. The van der Waals surface area contributed by atoms with Gasteiger partial charge in [-0.3, -0.25) is 9.69 Å². The van der Waals surface area contributed by atoms with Crippen LogP contribution in [0.3, 0.4) is 0 Å². The van der Waals surface area contributed by atoms with Crippen molar-refractivity contribution in [1.29, 1.82) is 0 Å². The third-order valence-electron chi connectivity index (χ3n) is 7.19. The Labute approximate surface area is 249 Å². The predicted octanol–water partition coefficient (Wildman–Crippen LogP) is 4.46. The van der Waals surface area contributed by atoms with Crippen LogP contribution in [0.15, 0.2) is 91.0 Å². The number of hydrogen-bond donors (Lipinski definition) is 3. The number of likely N-dealkylation sites (tertiary alicyclic amines) is 1. The van der Waals surface area contributed by atoms with E-state index in [9.17, 15) is 14.7 Å². The van der Waals surface area contributed by atoms with Crippen LogP contribution in [0, 0.1) is 0 Å². The summed E-state index contributed by atoms with van der Waals surface area (Å²) in [5, 5.41) is 17.5. The first-order valence-corrected chi connectivity index (χ1v) is 14.6. The van der Waals surface area contributed by atoms with Crippen LogP contribution in [0.4, 0.5) is 4.79 Å². The molecule has 1 aliphatic heterocycles. The van der Waals surface area contributed by atoms with Crippen LogP contribution < -0.4 is 10.6 Å². The number of rotatable bonds is 12. The molecule has 8 nitrogen and oxygen atoms in total. The molecule has 3 N–H and O–H groups in total. The lowest BCUT2D eigenvalue weighted by atomic mass is 10.0. The molecular formula is C34H43N3O5. The molecule has 0 bridgehead atoms. The number of carbonyl (C=O) groups excluding carboxylic acids is 2. The minimum Gasteiger partial charge on any atom is -0.445 e. The number of aliphatic hydroxyl groups is 1. The van der Waals surface area contributed by atoms with Crippen molar-refractivity contribution in [3.05, 3.63) is 108 Å². The van der Waals surface area contributed by atoms with Crippen molar-refractivity contribution < 1.29 is 24.2 Å². The fraction of sp³-hybridized carbons (Fsp3) is 0.412. The predicted molar refractivity (Wildman–Crippen MR) is 163 cm³/mol. The van der Waals surface area contributed by atoms with Crippen LogP contribution >= 0.6 is 0 Å². The second kappa shape index (κ2) is 15.0. The van der Waals surface area contributed by atoms with Gasteiger partial charge >= 0.3 is 6.09 Å². The zero-order chi connectivity index (χ0) is 30.0. The van der Waals surface area contributed by atoms with Gasteiger partial charge in [-0.05, 0) is 50.3 Å². The first-order chi connectivity index (χ1) is 20.2. The fourth-order valence-electron chi connectivity index (χ4n) is 5.13. The average Bonchev–Trinajstić information content (AvgIpc) is 3.38. The maximum atomic E-state index is 13.4. The maximum absolute atomic E-state index is 13.4. The molecule has 2 amide bonds. The Bertz CT molecular complexity index is 1250. The first kappa shape index (κ1) is 31.2. The van der Waals surface area contributed by atoms with E-state index in [0.29, 0.717) is 26.0 Å². The molecule has 1 saturated heterocycles. The minimum atomic E-state index is -0.965. The van der Waals surface area contributed by atoms with Gasteiger partial charge in [0.05, 0.1) is 30.9 Å². The van der Waals surface area contributed by atoms with Gasteiger partial charge in [0.15, 0.2) is 0 Å². The summed E-state index contributed by atoms with van der Waals surface area (Å²) in [5.74, 6) is -0.102. The molecule has 4 atom stereocenters. The fourth-order valence-corrected chi connectivity index (χ4v) is 5.13. The Hall–Kier alpha value is -3.72. The van der Waals surface area contributed by atoms with Crippen LogP contribution in [-0.4, -0.2) is 64.9 Å². The van der Waals surface area contributed by atoms with Crippen molar-refractivity contribution >= 4 is 12.0 Å². The monoisotopic (exact) mass is 573 g/mol. The van der Waals surface area contributed by atoms with Crippen LogP contribution in [0.1, 0.15) is 43.9 Å². The van der Waals surface area contributed by atoms with Crippen LogP contribution in [-0.2, 0) is 33.9 Å². The summed E-state index contributed by atoms with van der Waals surface area (Å²) in [4.78, 5) is 28.1. The van der Waals surface area contributed by atoms with Gasteiger partial charge in [-0.2, -0.15) is 0 Å². The highest BCUT2D eigenvalue weighted by molar-refractivity contribution is 5.82.